The van der Waals surface area contributed by atoms with Gasteiger partial charge in [-0.15, -0.1) is 0 Å². The topological polar surface area (TPSA) is 112 Å². The van der Waals surface area contributed by atoms with Crippen molar-refractivity contribution >= 4 is 17.6 Å². The number of furan rings is 1. The molecule has 0 saturated carbocycles. The average molecular weight is 375 g/mol. The van der Waals surface area contributed by atoms with Crippen LogP contribution in [-0.4, -0.2) is 24.1 Å². The molecule has 132 valence electrons. The van der Waals surface area contributed by atoms with Crippen LogP contribution in [0.25, 0.3) is 11.3 Å². The number of nitrogens with one attached hydrogen (secondary N) is 1. The van der Waals surface area contributed by atoms with E-state index >= 15 is 0 Å². The molecule has 0 fully saturated rings. The third-order valence-electron chi connectivity index (χ3n) is 3.74. The Balaban J connectivity index is 0.00000261. The minimum atomic E-state index is -1.44. The van der Waals surface area contributed by atoms with Crippen LogP contribution in [-0.2, 0) is 0 Å². The van der Waals surface area contributed by atoms with Crippen LogP contribution < -0.4 is 44.7 Å². The van der Waals surface area contributed by atoms with Crippen LogP contribution in [0.3, 0.4) is 0 Å². The molecule has 8 heteroatoms. The smallest absolute Gasteiger partial charge is 0.545 e. The first-order valence-electron chi connectivity index (χ1n) is 7.57. The van der Waals surface area contributed by atoms with E-state index in [0.717, 1.165) is 0 Å². The molecule has 2 aromatic carbocycles. The fourth-order valence-corrected chi connectivity index (χ4v) is 2.44. The minimum Gasteiger partial charge on any atom is -0.545 e. The third kappa shape index (κ3) is 4.51. The molecule has 0 aliphatic rings. The molecule has 7 nitrogen and oxygen atoms in total. The summed E-state index contributed by atoms with van der Waals surface area (Å²) in [6, 6.07) is 11.9. The summed E-state index contributed by atoms with van der Waals surface area (Å²) in [6.07, 6.45) is 1.48. The maximum atomic E-state index is 12.5. The Labute approximate surface area is 176 Å². The molecular weight excluding hydrogens is 361 g/mol. The number of ether oxygens (including phenoxy) is 1. The SMILES string of the molecule is COc1ccc(O)c(C(=O)Nc2cc(-c3ccco3)ccc2C(=O)[O-])c1.[Na+]. The normalized spacial score (nSPS) is 9.96. The van der Waals surface area contributed by atoms with E-state index in [2.05, 4.69) is 5.32 Å². The van der Waals surface area contributed by atoms with E-state index in [1.165, 1.54) is 43.7 Å². The Morgan fingerprint density at radius 1 is 1.11 bits per heavy atom. The number of amides is 1. The number of carboxylic acids is 1. The molecule has 2 N–H and O–H groups in total. The van der Waals surface area contributed by atoms with Crippen LogP contribution in [0.4, 0.5) is 5.69 Å². The number of phenolic OH excluding ortho intramolecular Hbond substituents is 1. The van der Waals surface area contributed by atoms with E-state index in [0.29, 0.717) is 17.1 Å². The van der Waals surface area contributed by atoms with E-state index < -0.39 is 11.9 Å². The van der Waals surface area contributed by atoms with Gasteiger partial charge in [0.25, 0.3) is 5.91 Å². The molecular formula is C19H14NNaO6. The quantitative estimate of drug-likeness (QED) is 0.570. The zero-order valence-corrected chi connectivity index (χ0v) is 16.7. The predicted molar refractivity (Wildman–Crippen MR) is 91.1 cm³/mol. The van der Waals surface area contributed by atoms with E-state index in [1.807, 2.05) is 0 Å². The number of hydrogen-bond acceptors (Lipinski definition) is 6. The molecule has 0 aliphatic heterocycles. The van der Waals surface area contributed by atoms with Gasteiger partial charge in [-0.1, -0.05) is 12.1 Å². The van der Waals surface area contributed by atoms with Gasteiger partial charge in [0.2, 0.25) is 0 Å². The van der Waals surface area contributed by atoms with Crippen molar-refractivity contribution in [3.05, 3.63) is 65.9 Å². The van der Waals surface area contributed by atoms with Gasteiger partial charge in [-0.3, -0.25) is 4.79 Å². The number of carbonyl (C=O) groups is 2. The van der Waals surface area contributed by atoms with E-state index in [4.69, 9.17) is 9.15 Å². The number of anilines is 1. The molecule has 3 rings (SSSR count). The number of carbonyl (C=O) groups excluding carboxylic acids is 2. The molecule has 0 bridgehead atoms. The van der Waals surface area contributed by atoms with Gasteiger partial charge in [0.15, 0.2) is 0 Å². The fraction of sp³-hybridized carbons (Fsp3) is 0.0526. The van der Waals surface area contributed by atoms with Gasteiger partial charge in [-0.25, -0.2) is 0 Å². The maximum Gasteiger partial charge on any atom is 1.00 e. The van der Waals surface area contributed by atoms with Crippen molar-refractivity contribution in [1.29, 1.82) is 0 Å². The second-order valence-electron chi connectivity index (χ2n) is 5.36. The van der Waals surface area contributed by atoms with Crippen LogP contribution in [0, 0.1) is 0 Å². The summed E-state index contributed by atoms with van der Waals surface area (Å²) >= 11 is 0. The molecule has 27 heavy (non-hydrogen) atoms. The van der Waals surface area contributed by atoms with Gasteiger partial charge in [-0.05, 0) is 36.4 Å². The Morgan fingerprint density at radius 3 is 2.52 bits per heavy atom. The summed E-state index contributed by atoms with van der Waals surface area (Å²) in [5.41, 5.74) is 0.337. The Bertz CT molecular complexity index is 968. The van der Waals surface area contributed by atoms with Gasteiger partial charge in [0, 0.05) is 11.1 Å². The van der Waals surface area contributed by atoms with Crippen molar-refractivity contribution < 1.29 is 58.5 Å². The number of aromatic carboxylic acids is 1. The van der Waals surface area contributed by atoms with Crippen molar-refractivity contribution in [3.8, 4) is 22.8 Å². The van der Waals surface area contributed by atoms with Crippen molar-refractivity contribution in [2.24, 2.45) is 0 Å². The first-order valence-corrected chi connectivity index (χ1v) is 7.57. The molecule has 0 saturated heterocycles. The number of hydrogen-bond donors (Lipinski definition) is 2. The Kier molecular flexibility index (Phi) is 6.68. The number of aromatic hydroxyl groups is 1. The molecule has 1 heterocycles. The van der Waals surface area contributed by atoms with Gasteiger partial charge >= 0.3 is 29.6 Å². The van der Waals surface area contributed by atoms with E-state index in [9.17, 15) is 19.8 Å². The van der Waals surface area contributed by atoms with Crippen LogP contribution in [0.1, 0.15) is 20.7 Å². The van der Waals surface area contributed by atoms with E-state index in [-0.39, 0.29) is 52.1 Å². The molecule has 1 aromatic heterocycles. The molecule has 0 atom stereocenters. The first-order chi connectivity index (χ1) is 12.5. The van der Waals surface area contributed by atoms with Crippen molar-refractivity contribution in [2.75, 3.05) is 12.4 Å². The summed E-state index contributed by atoms with van der Waals surface area (Å²) < 4.78 is 10.3. The number of carboxylic acid groups (broad SMARTS) is 1. The van der Waals surface area contributed by atoms with Crippen LogP contribution in [0.5, 0.6) is 11.5 Å². The minimum absolute atomic E-state index is 0. The predicted octanol–water partition coefficient (Wildman–Crippen LogP) is -0.719. The number of methoxy groups -OCH3 is 1. The van der Waals surface area contributed by atoms with Gasteiger partial charge in [0.1, 0.15) is 17.3 Å². The van der Waals surface area contributed by atoms with Gasteiger partial charge < -0.3 is 29.5 Å². The second-order valence-corrected chi connectivity index (χ2v) is 5.36. The molecule has 0 unspecified atom stereocenters. The summed E-state index contributed by atoms with van der Waals surface area (Å²) in [6.45, 7) is 0. The molecule has 0 aliphatic carbocycles. The average Bonchev–Trinajstić information content (AvgIpc) is 3.16. The zero-order valence-electron chi connectivity index (χ0n) is 14.7. The summed E-state index contributed by atoms with van der Waals surface area (Å²) in [4.78, 5) is 23.9. The van der Waals surface area contributed by atoms with Gasteiger partial charge in [-0.2, -0.15) is 0 Å². The summed E-state index contributed by atoms with van der Waals surface area (Å²) in [5, 5.41) is 23.7. The van der Waals surface area contributed by atoms with Crippen LogP contribution >= 0.6 is 0 Å². The van der Waals surface area contributed by atoms with Crippen molar-refractivity contribution in [3.63, 3.8) is 0 Å². The Morgan fingerprint density at radius 2 is 1.89 bits per heavy atom. The largest absolute Gasteiger partial charge is 1.00 e. The second kappa shape index (κ2) is 8.77. The summed E-state index contributed by atoms with van der Waals surface area (Å²) in [5.74, 6) is -1.52. The monoisotopic (exact) mass is 375 g/mol. The molecule has 0 spiro atoms. The molecule has 1 amide bonds. The standard InChI is InChI=1S/C19H15NO6.Na/c1-25-12-5-7-16(21)14(10-12)18(22)20-15-9-11(17-3-2-8-26-17)4-6-13(15)19(23)24;/h2-10,21H,1H3,(H,20,22)(H,23,24);/q;+1/p-1. The van der Waals surface area contributed by atoms with Crippen molar-refractivity contribution in [2.45, 2.75) is 0 Å². The van der Waals surface area contributed by atoms with Crippen LogP contribution in [0.15, 0.2) is 59.2 Å². The van der Waals surface area contributed by atoms with Crippen LogP contribution in [0.2, 0.25) is 0 Å². The van der Waals surface area contributed by atoms with Crippen molar-refractivity contribution in [1.82, 2.24) is 0 Å². The number of rotatable bonds is 5. The van der Waals surface area contributed by atoms with E-state index in [1.54, 1.807) is 18.2 Å². The first kappa shape index (κ1) is 20.6. The fourth-order valence-electron chi connectivity index (χ4n) is 2.44. The zero-order chi connectivity index (χ0) is 18.7. The summed E-state index contributed by atoms with van der Waals surface area (Å²) in [7, 11) is 1.43. The number of benzene rings is 2. The molecule has 3 aromatic rings. The third-order valence-corrected chi connectivity index (χ3v) is 3.74. The number of phenols is 1. The van der Waals surface area contributed by atoms with Gasteiger partial charge in [0.05, 0.1) is 30.6 Å². The Hall–Kier alpha value is -2.74. The maximum absolute atomic E-state index is 12.5. The molecule has 0 radical (unpaired) electrons.